The number of nitrogens with zero attached hydrogens (tertiary/aromatic N) is 3. The molecule has 21 heavy (non-hydrogen) atoms. The highest BCUT2D eigenvalue weighted by atomic mass is 16.3. The van der Waals surface area contributed by atoms with Crippen molar-refractivity contribution in [3.8, 4) is 0 Å². The van der Waals surface area contributed by atoms with Gasteiger partial charge in [0.2, 0.25) is 0 Å². The molecule has 1 aromatic heterocycles. The van der Waals surface area contributed by atoms with Gasteiger partial charge in [0, 0.05) is 31.0 Å². The number of hydrogen-bond donors (Lipinski definition) is 1. The van der Waals surface area contributed by atoms with Crippen molar-refractivity contribution in [1.29, 1.82) is 0 Å². The Kier molecular flexibility index (Phi) is 4.43. The van der Waals surface area contributed by atoms with E-state index >= 15 is 0 Å². The van der Waals surface area contributed by atoms with E-state index in [2.05, 4.69) is 16.9 Å². The van der Waals surface area contributed by atoms with Crippen LogP contribution in [-0.4, -0.2) is 34.8 Å². The van der Waals surface area contributed by atoms with Crippen molar-refractivity contribution < 1.29 is 5.11 Å². The Morgan fingerprint density at radius 1 is 1.10 bits per heavy atom. The third kappa shape index (κ3) is 3.05. The lowest BCUT2D eigenvalue weighted by atomic mass is 9.85. The lowest BCUT2D eigenvalue weighted by Gasteiger charge is -2.36. The molecule has 1 heterocycles. The Bertz CT molecular complexity index is 495. The lowest BCUT2D eigenvalue weighted by Crippen LogP contribution is -2.37. The van der Waals surface area contributed by atoms with Gasteiger partial charge in [0.15, 0.2) is 0 Å². The van der Waals surface area contributed by atoms with Gasteiger partial charge in [0.05, 0.1) is 0 Å². The van der Waals surface area contributed by atoms with E-state index in [4.69, 9.17) is 4.98 Å². The summed E-state index contributed by atoms with van der Waals surface area (Å²) in [6.45, 7) is 2.35. The zero-order valence-electron chi connectivity index (χ0n) is 13.3. The molecule has 0 spiro atoms. The predicted octanol–water partition coefficient (Wildman–Crippen LogP) is 2.65. The second-order valence-corrected chi connectivity index (χ2v) is 6.69. The fourth-order valence-electron chi connectivity index (χ4n) is 3.87. The molecule has 2 aliphatic rings. The number of hydrogen-bond acceptors (Lipinski definition) is 4. The summed E-state index contributed by atoms with van der Waals surface area (Å²) in [5, 5.41) is 9.29. The van der Waals surface area contributed by atoms with Crippen LogP contribution in [0.25, 0.3) is 0 Å². The molecule has 0 bridgehead atoms. The molecule has 0 atom stereocenters. The average Bonchev–Trinajstić information content (AvgIpc) is 2.53. The smallest absolute Gasteiger partial charge is 0.135 e. The highest BCUT2D eigenvalue weighted by Gasteiger charge is 2.27. The third-order valence-electron chi connectivity index (χ3n) is 5.23. The quantitative estimate of drug-likeness (QED) is 0.929. The molecule has 4 nitrogen and oxygen atoms in total. The maximum Gasteiger partial charge on any atom is 0.135 e. The molecule has 0 saturated heterocycles. The van der Waals surface area contributed by atoms with Gasteiger partial charge in [-0.2, -0.15) is 0 Å². The number of rotatable bonds is 3. The molecule has 1 N–H and O–H groups in total. The SMILES string of the molecule is Cc1nc2c(c(N(C)C3CCC(CO)CC3)n1)CCCC2. The van der Waals surface area contributed by atoms with Crippen LogP contribution >= 0.6 is 0 Å². The Labute approximate surface area is 127 Å². The zero-order valence-corrected chi connectivity index (χ0v) is 13.3. The van der Waals surface area contributed by atoms with Crippen LogP contribution in [0.3, 0.4) is 0 Å². The molecular formula is C17H27N3O. The highest BCUT2D eigenvalue weighted by Crippen LogP contribution is 2.33. The maximum atomic E-state index is 9.29. The molecule has 4 heteroatoms. The molecule has 0 unspecified atom stereocenters. The van der Waals surface area contributed by atoms with Gasteiger partial charge in [-0.1, -0.05) is 0 Å². The first-order chi connectivity index (χ1) is 10.2. The first-order valence-electron chi connectivity index (χ1n) is 8.39. The van der Waals surface area contributed by atoms with Crippen LogP contribution in [0.4, 0.5) is 5.82 Å². The highest BCUT2D eigenvalue weighted by molar-refractivity contribution is 5.50. The van der Waals surface area contributed by atoms with Gasteiger partial charge in [-0.25, -0.2) is 9.97 Å². The normalized spacial score (nSPS) is 25.5. The van der Waals surface area contributed by atoms with Gasteiger partial charge in [-0.3, -0.25) is 0 Å². The van der Waals surface area contributed by atoms with Gasteiger partial charge in [-0.15, -0.1) is 0 Å². The lowest BCUT2D eigenvalue weighted by molar-refractivity contribution is 0.182. The van der Waals surface area contributed by atoms with Gasteiger partial charge in [0.25, 0.3) is 0 Å². The molecule has 0 aliphatic heterocycles. The Morgan fingerprint density at radius 2 is 1.81 bits per heavy atom. The summed E-state index contributed by atoms with van der Waals surface area (Å²) >= 11 is 0. The van der Waals surface area contributed by atoms with Crippen molar-refractivity contribution >= 4 is 5.82 Å². The molecule has 0 aromatic carbocycles. The predicted molar refractivity (Wildman–Crippen MR) is 84.6 cm³/mol. The zero-order chi connectivity index (χ0) is 14.8. The number of fused-ring (bicyclic) bond motifs is 1. The summed E-state index contributed by atoms with van der Waals surface area (Å²) in [5.41, 5.74) is 2.67. The molecule has 2 aliphatic carbocycles. The van der Waals surface area contributed by atoms with Crippen molar-refractivity contribution in [3.63, 3.8) is 0 Å². The van der Waals surface area contributed by atoms with E-state index < -0.39 is 0 Å². The standard InChI is InChI=1S/C17H27N3O/c1-12-18-16-6-4-3-5-15(16)17(19-12)20(2)14-9-7-13(11-21)8-10-14/h13-14,21H,3-11H2,1-2H3. The fourth-order valence-corrected chi connectivity index (χ4v) is 3.87. The van der Waals surface area contributed by atoms with Crippen molar-refractivity contribution in [2.75, 3.05) is 18.6 Å². The van der Waals surface area contributed by atoms with E-state index in [0.29, 0.717) is 18.6 Å². The third-order valence-corrected chi connectivity index (χ3v) is 5.23. The van der Waals surface area contributed by atoms with Gasteiger partial charge >= 0.3 is 0 Å². The summed E-state index contributed by atoms with van der Waals surface area (Å²) in [4.78, 5) is 11.8. The molecule has 116 valence electrons. The van der Waals surface area contributed by atoms with E-state index in [1.807, 2.05) is 6.92 Å². The van der Waals surface area contributed by atoms with Crippen LogP contribution in [0.5, 0.6) is 0 Å². The number of aryl methyl sites for hydroxylation is 2. The van der Waals surface area contributed by atoms with Crippen LogP contribution in [0.2, 0.25) is 0 Å². The van der Waals surface area contributed by atoms with Crippen molar-refractivity contribution in [3.05, 3.63) is 17.1 Å². The van der Waals surface area contributed by atoms with E-state index in [1.54, 1.807) is 0 Å². The molecule has 1 aromatic rings. The van der Waals surface area contributed by atoms with Gasteiger partial charge in [-0.05, 0) is 64.2 Å². The van der Waals surface area contributed by atoms with Gasteiger partial charge < -0.3 is 10.0 Å². The Balaban J connectivity index is 1.81. The second-order valence-electron chi connectivity index (χ2n) is 6.69. The topological polar surface area (TPSA) is 49.2 Å². The number of aliphatic hydroxyl groups is 1. The van der Waals surface area contributed by atoms with Crippen LogP contribution in [-0.2, 0) is 12.8 Å². The monoisotopic (exact) mass is 289 g/mol. The van der Waals surface area contributed by atoms with E-state index in [1.165, 1.54) is 42.8 Å². The minimum absolute atomic E-state index is 0.346. The summed E-state index contributed by atoms with van der Waals surface area (Å²) in [7, 11) is 2.20. The summed E-state index contributed by atoms with van der Waals surface area (Å²) in [6, 6.07) is 0.563. The number of aromatic nitrogens is 2. The maximum absolute atomic E-state index is 9.29. The van der Waals surface area contributed by atoms with Crippen LogP contribution in [0.1, 0.15) is 55.6 Å². The van der Waals surface area contributed by atoms with E-state index in [0.717, 1.165) is 31.5 Å². The molecule has 1 fully saturated rings. The fraction of sp³-hybridized carbons (Fsp3) is 0.765. The Morgan fingerprint density at radius 3 is 2.52 bits per heavy atom. The minimum Gasteiger partial charge on any atom is -0.396 e. The average molecular weight is 289 g/mol. The van der Waals surface area contributed by atoms with Crippen LogP contribution < -0.4 is 4.90 Å². The summed E-state index contributed by atoms with van der Waals surface area (Å²) in [5.74, 6) is 2.59. The second kappa shape index (κ2) is 6.30. The molecule has 0 radical (unpaired) electrons. The van der Waals surface area contributed by atoms with E-state index in [9.17, 15) is 5.11 Å². The first kappa shape index (κ1) is 14.8. The molecule has 3 rings (SSSR count). The Hall–Kier alpha value is -1.16. The van der Waals surface area contributed by atoms with Crippen LogP contribution in [0, 0.1) is 12.8 Å². The van der Waals surface area contributed by atoms with Crippen molar-refractivity contribution in [2.24, 2.45) is 5.92 Å². The van der Waals surface area contributed by atoms with E-state index in [-0.39, 0.29) is 0 Å². The number of anilines is 1. The largest absolute Gasteiger partial charge is 0.396 e. The molecule has 0 amide bonds. The summed E-state index contributed by atoms with van der Waals surface area (Å²) in [6.07, 6.45) is 9.36. The minimum atomic E-state index is 0.346. The molecular weight excluding hydrogens is 262 g/mol. The van der Waals surface area contributed by atoms with Crippen molar-refractivity contribution in [1.82, 2.24) is 9.97 Å². The van der Waals surface area contributed by atoms with Gasteiger partial charge in [0.1, 0.15) is 11.6 Å². The van der Waals surface area contributed by atoms with Crippen LogP contribution in [0.15, 0.2) is 0 Å². The summed E-state index contributed by atoms with van der Waals surface area (Å²) < 4.78 is 0. The van der Waals surface area contributed by atoms with Crippen molar-refractivity contribution in [2.45, 2.75) is 64.3 Å². The number of aliphatic hydroxyl groups excluding tert-OH is 1. The first-order valence-corrected chi connectivity index (χ1v) is 8.39. The molecule has 1 saturated carbocycles.